The first-order valence-corrected chi connectivity index (χ1v) is 5.61. The van der Waals surface area contributed by atoms with Gasteiger partial charge in [-0.15, -0.1) is 0 Å². The number of hydrogen-bond donors (Lipinski definition) is 2. The van der Waals surface area contributed by atoms with Crippen molar-refractivity contribution in [2.24, 2.45) is 0 Å². The number of aliphatic hydroxyl groups excluding tert-OH is 1. The van der Waals surface area contributed by atoms with Gasteiger partial charge >= 0.3 is 6.18 Å². The highest BCUT2D eigenvalue weighted by Gasteiger charge is 2.32. The zero-order chi connectivity index (χ0) is 12.2. The minimum atomic E-state index is -4.15. The van der Waals surface area contributed by atoms with Crippen LogP contribution in [0.15, 0.2) is 0 Å². The summed E-state index contributed by atoms with van der Waals surface area (Å²) in [7, 11) is 0. The van der Waals surface area contributed by atoms with E-state index >= 15 is 0 Å². The Balaban J connectivity index is 2.38. The normalized spacial score (nSPS) is 26.6. The average molecular weight is 240 g/mol. The van der Waals surface area contributed by atoms with E-state index in [4.69, 9.17) is 0 Å². The lowest BCUT2D eigenvalue weighted by Gasteiger charge is -2.26. The summed E-state index contributed by atoms with van der Waals surface area (Å²) >= 11 is 0. The van der Waals surface area contributed by atoms with Gasteiger partial charge in [-0.2, -0.15) is 13.2 Å². The maximum Gasteiger partial charge on any atom is 0.401 e. The lowest BCUT2D eigenvalue weighted by atomic mass is 10.2. The molecule has 16 heavy (non-hydrogen) atoms. The Labute approximate surface area is 93.6 Å². The molecule has 1 rings (SSSR count). The van der Waals surface area contributed by atoms with Crippen molar-refractivity contribution in [1.82, 2.24) is 10.2 Å². The molecule has 0 amide bonds. The van der Waals surface area contributed by atoms with Crippen molar-refractivity contribution < 1.29 is 18.3 Å². The van der Waals surface area contributed by atoms with Crippen molar-refractivity contribution in [3.05, 3.63) is 0 Å². The number of hydrogen-bond acceptors (Lipinski definition) is 3. The summed E-state index contributed by atoms with van der Waals surface area (Å²) in [6.07, 6.45) is -3.32. The Kier molecular flexibility index (Phi) is 5.01. The quantitative estimate of drug-likeness (QED) is 0.752. The van der Waals surface area contributed by atoms with Crippen LogP contribution in [0.3, 0.4) is 0 Å². The van der Waals surface area contributed by atoms with Crippen LogP contribution in [-0.4, -0.2) is 54.5 Å². The summed E-state index contributed by atoms with van der Waals surface area (Å²) in [5.74, 6) is 0. The van der Waals surface area contributed by atoms with Crippen LogP contribution in [0.2, 0.25) is 0 Å². The molecule has 2 unspecified atom stereocenters. The molecular formula is C10H19F3N2O. The predicted molar refractivity (Wildman–Crippen MR) is 55.2 cm³/mol. The van der Waals surface area contributed by atoms with Gasteiger partial charge in [0.1, 0.15) is 0 Å². The monoisotopic (exact) mass is 240 g/mol. The number of alkyl halides is 3. The third-order valence-electron chi connectivity index (χ3n) is 2.62. The van der Waals surface area contributed by atoms with Gasteiger partial charge < -0.3 is 10.4 Å². The lowest BCUT2D eigenvalue weighted by Crippen LogP contribution is -2.42. The van der Waals surface area contributed by atoms with Crippen LogP contribution in [0.1, 0.15) is 19.8 Å². The van der Waals surface area contributed by atoms with E-state index in [0.717, 1.165) is 0 Å². The Morgan fingerprint density at radius 1 is 1.44 bits per heavy atom. The molecule has 1 heterocycles. The summed E-state index contributed by atoms with van der Waals surface area (Å²) in [4.78, 5) is 1.40. The van der Waals surface area contributed by atoms with Gasteiger partial charge in [-0.25, -0.2) is 0 Å². The number of β-amino-alcohol motifs (C(OH)–C–C–N with tert-alkyl or cyclic N) is 1. The molecule has 3 nitrogen and oxygen atoms in total. The first-order valence-electron chi connectivity index (χ1n) is 5.61. The summed E-state index contributed by atoms with van der Waals surface area (Å²) < 4.78 is 36.8. The third-order valence-corrected chi connectivity index (χ3v) is 2.62. The molecule has 1 aliphatic heterocycles. The van der Waals surface area contributed by atoms with Gasteiger partial charge in [0, 0.05) is 19.1 Å². The average Bonchev–Trinajstić information content (AvgIpc) is 2.48. The van der Waals surface area contributed by atoms with E-state index in [1.54, 1.807) is 0 Å². The molecule has 0 saturated carbocycles. The summed E-state index contributed by atoms with van der Waals surface area (Å²) in [6.45, 7) is 2.27. The molecule has 0 bridgehead atoms. The molecule has 0 aliphatic carbocycles. The highest BCUT2D eigenvalue weighted by atomic mass is 19.4. The van der Waals surface area contributed by atoms with Crippen molar-refractivity contribution in [3.8, 4) is 0 Å². The summed E-state index contributed by atoms with van der Waals surface area (Å²) in [5.41, 5.74) is 0. The van der Waals surface area contributed by atoms with E-state index in [0.29, 0.717) is 32.5 Å². The van der Waals surface area contributed by atoms with E-state index in [9.17, 15) is 18.3 Å². The molecule has 0 spiro atoms. The van der Waals surface area contributed by atoms with Crippen molar-refractivity contribution in [1.29, 1.82) is 0 Å². The van der Waals surface area contributed by atoms with E-state index in [1.165, 1.54) is 4.90 Å². The minimum Gasteiger partial charge on any atom is -0.392 e. The minimum absolute atomic E-state index is 0.0242. The van der Waals surface area contributed by atoms with Gasteiger partial charge in [-0.05, 0) is 19.4 Å². The van der Waals surface area contributed by atoms with Gasteiger partial charge in [0.25, 0.3) is 0 Å². The second-order valence-electron chi connectivity index (χ2n) is 4.34. The summed E-state index contributed by atoms with van der Waals surface area (Å²) in [6, 6.07) is -0.0242. The molecular weight excluding hydrogens is 221 g/mol. The van der Waals surface area contributed by atoms with Crippen molar-refractivity contribution >= 4 is 0 Å². The number of aliphatic hydroxyl groups is 1. The van der Waals surface area contributed by atoms with Crippen molar-refractivity contribution in [2.75, 3.05) is 26.2 Å². The second kappa shape index (κ2) is 5.84. The SMILES string of the molecule is CCCN(CC1CC(O)CN1)CC(F)(F)F. The maximum atomic E-state index is 12.3. The van der Waals surface area contributed by atoms with E-state index in [2.05, 4.69) is 5.32 Å². The van der Waals surface area contributed by atoms with Crippen LogP contribution in [0.5, 0.6) is 0 Å². The molecule has 96 valence electrons. The van der Waals surface area contributed by atoms with E-state index < -0.39 is 18.8 Å². The van der Waals surface area contributed by atoms with Crippen LogP contribution >= 0.6 is 0 Å². The predicted octanol–water partition coefficient (Wildman–Crippen LogP) is 0.984. The van der Waals surface area contributed by atoms with Gasteiger partial charge in [-0.1, -0.05) is 6.92 Å². The van der Waals surface area contributed by atoms with Crippen molar-refractivity contribution in [3.63, 3.8) is 0 Å². The molecule has 0 aromatic heterocycles. The fourth-order valence-corrected chi connectivity index (χ4v) is 2.05. The number of halogens is 3. The van der Waals surface area contributed by atoms with Gasteiger partial charge in [0.15, 0.2) is 0 Å². The molecule has 2 atom stereocenters. The second-order valence-corrected chi connectivity index (χ2v) is 4.34. The van der Waals surface area contributed by atoms with Crippen molar-refractivity contribution in [2.45, 2.75) is 38.1 Å². The molecule has 0 radical (unpaired) electrons. The van der Waals surface area contributed by atoms with Gasteiger partial charge in [0.05, 0.1) is 12.6 Å². The largest absolute Gasteiger partial charge is 0.401 e. The Morgan fingerprint density at radius 3 is 2.56 bits per heavy atom. The van der Waals surface area contributed by atoms with Gasteiger partial charge in [-0.3, -0.25) is 4.90 Å². The Morgan fingerprint density at radius 2 is 2.12 bits per heavy atom. The lowest BCUT2D eigenvalue weighted by molar-refractivity contribution is -0.146. The highest BCUT2D eigenvalue weighted by molar-refractivity contribution is 4.84. The van der Waals surface area contributed by atoms with Gasteiger partial charge in [0.2, 0.25) is 0 Å². The smallest absolute Gasteiger partial charge is 0.392 e. The third kappa shape index (κ3) is 5.14. The van der Waals surface area contributed by atoms with Crippen LogP contribution in [-0.2, 0) is 0 Å². The first-order chi connectivity index (χ1) is 7.40. The zero-order valence-corrected chi connectivity index (χ0v) is 9.43. The number of nitrogens with zero attached hydrogens (tertiary/aromatic N) is 1. The molecule has 0 aromatic rings. The number of nitrogens with one attached hydrogen (secondary N) is 1. The zero-order valence-electron chi connectivity index (χ0n) is 9.43. The first kappa shape index (κ1) is 13.7. The van der Waals surface area contributed by atoms with Crippen LogP contribution in [0.4, 0.5) is 13.2 Å². The maximum absolute atomic E-state index is 12.3. The fourth-order valence-electron chi connectivity index (χ4n) is 2.05. The molecule has 2 N–H and O–H groups in total. The molecule has 6 heteroatoms. The van der Waals surface area contributed by atoms with Crippen LogP contribution < -0.4 is 5.32 Å². The van der Waals surface area contributed by atoms with Crippen LogP contribution in [0, 0.1) is 0 Å². The highest BCUT2D eigenvalue weighted by Crippen LogP contribution is 2.18. The summed E-state index contributed by atoms with van der Waals surface area (Å²) in [5, 5.41) is 12.3. The molecule has 1 fully saturated rings. The fraction of sp³-hybridized carbons (Fsp3) is 1.00. The topological polar surface area (TPSA) is 35.5 Å². The molecule has 0 aromatic carbocycles. The molecule has 1 saturated heterocycles. The molecule has 1 aliphatic rings. The van der Waals surface area contributed by atoms with E-state index in [1.807, 2.05) is 6.92 Å². The Hall–Kier alpha value is -0.330. The Bertz CT molecular complexity index is 211. The number of rotatable bonds is 5. The van der Waals surface area contributed by atoms with E-state index in [-0.39, 0.29) is 6.04 Å². The standard InChI is InChI=1S/C10H19F3N2O/c1-2-3-15(7-10(11,12)13)6-8-4-9(16)5-14-8/h8-9,14,16H,2-7H2,1H3. The van der Waals surface area contributed by atoms with Crippen LogP contribution in [0.25, 0.3) is 0 Å².